The maximum absolute atomic E-state index is 13.2. The molecule has 10 nitrogen and oxygen atoms in total. The maximum Gasteiger partial charge on any atom is 0.330 e. The lowest BCUT2D eigenvalue weighted by Crippen LogP contribution is -2.41. The highest BCUT2D eigenvalue weighted by molar-refractivity contribution is 6.30. The molecule has 3 N–H and O–H groups in total. The number of Topliss-reactive ketones (excluding diaryl/α,β-unsaturated/α-hetero) is 1. The molecule has 0 bridgehead atoms. The number of benzene rings is 1. The number of nitrogens with two attached hydrogens (primary N) is 1. The topological polar surface area (TPSA) is 145 Å². The molecular formula is C26H35ClN4O6. The Morgan fingerprint density at radius 2 is 1.70 bits per heavy atom. The first-order valence-corrected chi connectivity index (χ1v) is 12.9. The van der Waals surface area contributed by atoms with Crippen molar-refractivity contribution in [2.45, 2.75) is 78.4 Å². The summed E-state index contributed by atoms with van der Waals surface area (Å²) in [6.45, 7) is 5.91. The summed E-state index contributed by atoms with van der Waals surface area (Å²) in [6, 6.07) is 6.20. The van der Waals surface area contributed by atoms with Crippen molar-refractivity contribution in [1.29, 1.82) is 0 Å². The molecule has 0 radical (unpaired) electrons. The molecule has 0 fully saturated rings. The van der Waals surface area contributed by atoms with Crippen LogP contribution in [0.5, 0.6) is 0 Å². The van der Waals surface area contributed by atoms with Gasteiger partial charge in [-0.15, -0.1) is 0 Å². The minimum atomic E-state index is -1.05. The number of nitrogens with one attached hydrogen (secondary N) is 1. The van der Waals surface area contributed by atoms with E-state index in [4.69, 9.17) is 22.1 Å². The Morgan fingerprint density at radius 1 is 1.05 bits per heavy atom. The molecule has 0 unspecified atom stereocenters. The molecule has 1 heterocycles. The van der Waals surface area contributed by atoms with Gasteiger partial charge >= 0.3 is 11.7 Å². The van der Waals surface area contributed by atoms with Gasteiger partial charge in [-0.25, -0.2) is 4.79 Å². The normalized spacial score (nSPS) is 11.7. The molecule has 1 aromatic heterocycles. The third-order valence-corrected chi connectivity index (χ3v) is 6.11. The Bertz CT molecular complexity index is 1210. The average molecular weight is 535 g/mol. The molecule has 1 aromatic carbocycles. The van der Waals surface area contributed by atoms with E-state index in [-0.39, 0.29) is 30.9 Å². The van der Waals surface area contributed by atoms with Crippen LogP contribution in [0.3, 0.4) is 0 Å². The SMILES string of the molecule is CCCCCN(C(=O)CCC(=O)O[C@@H](C)C(=O)c1ccc(Cl)cc1)c1c(N)n(CCCC)c(=O)[nH]c1=O. The summed E-state index contributed by atoms with van der Waals surface area (Å²) < 4.78 is 6.48. The van der Waals surface area contributed by atoms with Gasteiger partial charge in [0.1, 0.15) is 5.82 Å². The molecule has 37 heavy (non-hydrogen) atoms. The fourth-order valence-corrected chi connectivity index (χ4v) is 3.89. The van der Waals surface area contributed by atoms with E-state index in [1.54, 1.807) is 12.1 Å². The zero-order valence-electron chi connectivity index (χ0n) is 21.5. The van der Waals surface area contributed by atoms with Gasteiger partial charge in [-0.2, -0.15) is 0 Å². The lowest BCUT2D eigenvalue weighted by atomic mass is 10.1. The number of nitrogen functional groups attached to an aromatic ring is 1. The highest BCUT2D eigenvalue weighted by Crippen LogP contribution is 2.20. The Balaban J connectivity index is 2.16. The van der Waals surface area contributed by atoms with Gasteiger partial charge in [0.2, 0.25) is 11.7 Å². The number of rotatable bonds is 14. The van der Waals surface area contributed by atoms with Gasteiger partial charge in [-0.3, -0.25) is 28.7 Å². The molecule has 0 saturated heterocycles. The number of ketones is 1. The van der Waals surface area contributed by atoms with Crippen molar-refractivity contribution in [3.63, 3.8) is 0 Å². The highest BCUT2D eigenvalue weighted by atomic mass is 35.5. The van der Waals surface area contributed by atoms with Crippen LogP contribution in [0.2, 0.25) is 5.02 Å². The number of carbonyl (C=O) groups is 3. The van der Waals surface area contributed by atoms with Crippen LogP contribution in [-0.2, 0) is 20.9 Å². The van der Waals surface area contributed by atoms with Crippen molar-refractivity contribution < 1.29 is 19.1 Å². The van der Waals surface area contributed by atoms with Crippen molar-refractivity contribution in [2.24, 2.45) is 0 Å². The lowest BCUT2D eigenvalue weighted by molar-refractivity contribution is -0.147. The predicted octanol–water partition coefficient (Wildman–Crippen LogP) is 3.69. The van der Waals surface area contributed by atoms with Crippen LogP contribution >= 0.6 is 11.6 Å². The van der Waals surface area contributed by atoms with Gasteiger partial charge in [-0.05, 0) is 44.0 Å². The van der Waals surface area contributed by atoms with Crippen LogP contribution in [0, 0.1) is 0 Å². The number of ether oxygens (including phenoxy) is 1. The second-order valence-corrected chi connectivity index (χ2v) is 9.19. The number of hydrogen-bond donors (Lipinski definition) is 2. The van der Waals surface area contributed by atoms with Crippen LogP contribution in [0.15, 0.2) is 33.9 Å². The van der Waals surface area contributed by atoms with E-state index in [9.17, 15) is 24.0 Å². The number of aromatic nitrogens is 2. The molecule has 2 aromatic rings. The Morgan fingerprint density at radius 3 is 2.32 bits per heavy atom. The summed E-state index contributed by atoms with van der Waals surface area (Å²) in [5, 5.41) is 0.475. The van der Waals surface area contributed by atoms with E-state index in [0.717, 1.165) is 19.3 Å². The third kappa shape index (κ3) is 8.31. The fourth-order valence-electron chi connectivity index (χ4n) is 3.76. The van der Waals surface area contributed by atoms with Crippen LogP contribution in [0.1, 0.15) is 76.1 Å². The lowest BCUT2D eigenvalue weighted by Gasteiger charge is -2.24. The van der Waals surface area contributed by atoms with E-state index >= 15 is 0 Å². The van der Waals surface area contributed by atoms with Gasteiger partial charge < -0.3 is 15.4 Å². The average Bonchev–Trinajstić information content (AvgIpc) is 2.86. The second kappa shape index (κ2) is 14.4. The summed E-state index contributed by atoms with van der Waals surface area (Å²) >= 11 is 5.84. The quantitative estimate of drug-likeness (QED) is 0.213. The van der Waals surface area contributed by atoms with E-state index in [0.29, 0.717) is 30.0 Å². The Labute approximate surface area is 220 Å². The molecule has 0 aliphatic carbocycles. The van der Waals surface area contributed by atoms with Gasteiger partial charge in [0.05, 0.1) is 6.42 Å². The first-order valence-electron chi connectivity index (χ1n) is 12.5. The van der Waals surface area contributed by atoms with Crippen LogP contribution < -0.4 is 21.9 Å². The number of nitrogens with zero attached hydrogens (tertiary/aromatic N) is 2. The van der Waals surface area contributed by atoms with Crippen molar-refractivity contribution in [1.82, 2.24) is 9.55 Å². The van der Waals surface area contributed by atoms with Crippen molar-refractivity contribution in [3.05, 3.63) is 55.7 Å². The number of amides is 1. The van der Waals surface area contributed by atoms with E-state index in [2.05, 4.69) is 4.98 Å². The van der Waals surface area contributed by atoms with Crippen LogP contribution in [0.25, 0.3) is 0 Å². The van der Waals surface area contributed by atoms with Crippen LogP contribution in [-0.4, -0.2) is 39.9 Å². The number of halogens is 1. The van der Waals surface area contributed by atoms with Crippen LogP contribution in [0.4, 0.5) is 11.5 Å². The zero-order chi connectivity index (χ0) is 27.5. The molecule has 11 heteroatoms. The van der Waals surface area contributed by atoms with E-state index in [1.807, 2.05) is 13.8 Å². The molecule has 2 rings (SSSR count). The predicted molar refractivity (Wildman–Crippen MR) is 143 cm³/mol. The molecule has 0 aliphatic rings. The van der Waals surface area contributed by atoms with Crippen molar-refractivity contribution in [2.75, 3.05) is 17.2 Å². The van der Waals surface area contributed by atoms with E-state index < -0.39 is 35.0 Å². The minimum Gasteiger partial charge on any atom is -0.454 e. The maximum atomic E-state index is 13.2. The number of anilines is 2. The highest BCUT2D eigenvalue weighted by Gasteiger charge is 2.25. The van der Waals surface area contributed by atoms with Gasteiger partial charge in [0.15, 0.2) is 11.8 Å². The van der Waals surface area contributed by atoms with Crippen molar-refractivity contribution in [3.8, 4) is 0 Å². The smallest absolute Gasteiger partial charge is 0.330 e. The second-order valence-electron chi connectivity index (χ2n) is 8.75. The summed E-state index contributed by atoms with van der Waals surface area (Å²) in [6.07, 6.45) is 2.16. The Hall–Kier alpha value is -3.40. The fraction of sp³-hybridized carbons (Fsp3) is 0.500. The first-order chi connectivity index (χ1) is 17.6. The van der Waals surface area contributed by atoms with Gasteiger partial charge in [0.25, 0.3) is 5.56 Å². The van der Waals surface area contributed by atoms with E-state index in [1.165, 1.54) is 28.5 Å². The molecule has 0 saturated carbocycles. The number of H-pyrrole nitrogens is 1. The summed E-state index contributed by atoms with van der Waals surface area (Å²) in [5.41, 5.74) is 5.05. The molecular weight excluding hydrogens is 500 g/mol. The van der Waals surface area contributed by atoms with Crippen molar-refractivity contribution >= 4 is 40.8 Å². The third-order valence-electron chi connectivity index (χ3n) is 5.85. The number of esters is 1. The molecule has 0 spiro atoms. The summed E-state index contributed by atoms with van der Waals surface area (Å²) in [5.74, 6) is -1.72. The number of carbonyl (C=O) groups excluding carboxylic acids is 3. The summed E-state index contributed by atoms with van der Waals surface area (Å²) in [4.78, 5) is 66.6. The molecule has 202 valence electrons. The number of aromatic amines is 1. The monoisotopic (exact) mass is 534 g/mol. The number of hydrogen-bond acceptors (Lipinski definition) is 7. The Kier molecular flexibility index (Phi) is 11.6. The number of unbranched alkanes of at least 4 members (excludes halogenated alkanes) is 3. The molecule has 1 atom stereocenters. The largest absolute Gasteiger partial charge is 0.454 e. The van der Waals surface area contributed by atoms with Gasteiger partial charge in [-0.1, -0.05) is 44.7 Å². The molecule has 1 amide bonds. The summed E-state index contributed by atoms with van der Waals surface area (Å²) in [7, 11) is 0. The minimum absolute atomic E-state index is 0.0863. The van der Waals surface area contributed by atoms with Gasteiger partial charge in [0, 0.05) is 30.1 Å². The zero-order valence-corrected chi connectivity index (χ0v) is 22.3. The first kappa shape index (κ1) is 29.8. The molecule has 0 aliphatic heterocycles. The standard InChI is InChI=1S/C26H35ClN4O6/c1-4-6-8-16-30(22-24(28)31(15-7-5-2)26(36)29-25(22)35)20(32)13-14-21(33)37-17(3)23(34)18-9-11-19(27)12-10-18/h9-12,17H,4-8,13-16,28H2,1-3H3,(H,29,35,36)/t17-/m0/s1.